The molecule has 0 radical (unpaired) electrons. The van der Waals surface area contributed by atoms with E-state index in [2.05, 4.69) is 18.9 Å². The summed E-state index contributed by atoms with van der Waals surface area (Å²) in [6.45, 7) is 6.65. The second kappa shape index (κ2) is 8.65. The van der Waals surface area contributed by atoms with Crippen LogP contribution in [-0.2, 0) is 4.79 Å². The van der Waals surface area contributed by atoms with Crippen molar-refractivity contribution in [3.05, 3.63) is 37.0 Å². The zero-order valence-corrected chi connectivity index (χ0v) is 6.58. The highest BCUT2D eigenvalue weighted by atomic mass is 16.4. The lowest BCUT2D eigenvalue weighted by Gasteiger charge is -1.87. The van der Waals surface area contributed by atoms with Gasteiger partial charge in [0.15, 0.2) is 0 Å². The molecule has 62 valence electrons. The Kier molecular flexibility index (Phi) is 9.70. The molecule has 0 amide bonds. The zero-order chi connectivity index (χ0) is 9.28. The Morgan fingerprint density at radius 2 is 1.91 bits per heavy atom. The average Bonchev–Trinajstić information content (AvgIpc) is 2.03. The summed E-state index contributed by atoms with van der Waals surface area (Å²) >= 11 is 0. The van der Waals surface area contributed by atoms with Gasteiger partial charge in [-0.05, 0) is 13.1 Å². The molecule has 0 aromatic carbocycles. The molecule has 3 N–H and O–H groups in total. The number of carboxylic acid groups (broad SMARTS) is 1. The van der Waals surface area contributed by atoms with Gasteiger partial charge in [-0.25, -0.2) is 4.79 Å². The molecule has 0 aromatic rings. The molecule has 0 aliphatic rings. The van der Waals surface area contributed by atoms with Crippen LogP contribution in [0, 0.1) is 0 Å². The normalized spacial score (nSPS) is 9.09. The molecule has 0 heterocycles. The third-order valence-corrected chi connectivity index (χ3v) is 0.764. The highest BCUT2D eigenvalue weighted by molar-refractivity contribution is 5.89. The smallest absolute Gasteiger partial charge is 0.335 e. The lowest BCUT2D eigenvalue weighted by atomic mass is 10.2. The molecule has 0 unspecified atom stereocenters. The third-order valence-electron chi connectivity index (χ3n) is 0.764. The van der Waals surface area contributed by atoms with Gasteiger partial charge in [-0.2, -0.15) is 0 Å². The summed E-state index contributed by atoms with van der Waals surface area (Å²) in [5.41, 5.74) is 4.66. The Labute approximate surface area is 66.5 Å². The quantitative estimate of drug-likeness (QED) is 0.471. The van der Waals surface area contributed by atoms with Gasteiger partial charge in [0.05, 0.1) is 5.57 Å². The van der Waals surface area contributed by atoms with Crippen LogP contribution in [0.3, 0.4) is 0 Å². The van der Waals surface area contributed by atoms with E-state index >= 15 is 0 Å². The summed E-state index contributed by atoms with van der Waals surface area (Å²) < 4.78 is 0. The predicted octanol–water partition coefficient (Wildman–Crippen LogP) is 0.944. The third kappa shape index (κ3) is 6.54. The molecule has 0 bridgehead atoms. The lowest BCUT2D eigenvalue weighted by Crippen LogP contribution is -1.95. The van der Waals surface area contributed by atoms with Crippen LogP contribution in [0.5, 0.6) is 0 Å². The Morgan fingerprint density at radius 3 is 2.00 bits per heavy atom. The SMILES string of the molecule is C=C/C=C(\C=C)C(=O)O.CN. The van der Waals surface area contributed by atoms with Gasteiger partial charge in [0, 0.05) is 0 Å². The first-order valence-electron chi connectivity index (χ1n) is 2.98. The molecule has 11 heavy (non-hydrogen) atoms. The van der Waals surface area contributed by atoms with Crippen LogP contribution >= 0.6 is 0 Å². The maximum absolute atomic E-state index is 10.1. The largest absolute Gasteiger partial charge is 0.478 e. The molecule has 0 fully saturated rings. The number of nitrogens with two attached hydrogens (primary N) is 1. The molecular formula is C8H13NO2. The highest BCUT2D eigenvalue weighted by Gasteiger charge is 1.97. The van der Waals surface area contributed by atoms with E-state index in [9.17, 15) is 4.79 Å². The lowest BCUT2D eigenvalue weighted by molar-refractivity contribution is -0.132. The summed E-state index contributed by atoms with van der Waals surface area (Å²) in [6.07, 6.45) is 4.06. The number of aliphatic carboxylic acids is 1. The minimum atomic E-state index is -0.982. The van der Waals surface area contributed by atoms with Crippen LogP contribution in [0.2, 0.25) is 0 Å². The van der Waals surface area contributed by atoms with Crippen LogP contribution in [0.15, 0.2) is 37.0 Å². The van der Waals surface area contributed by atoms with Crippen molar-refractivity contribution in [2.75, 3.05) is 7.05 Å². The van der Waals surface area contributed by atoms with Crippen molar-refractivity contribution in [3.8, 4) is 0 Å². The van der Waals surface area contributed by atoms with Crippen LogP contribution in [-0.4, -0.2) is 18.1 Å². The molecule has 3 heteroatoms. The van der Waals surface area contributed by atoms with Gasteiger partial charge in [-0.3, -0.25) is 0 Å². The van der Waals surface area contributed by atoms with E-state index in [1.807, 2.05) is 0 Å². The van der Waals surface area contributed by atoms with Gasteiger partial charge in [0.1, 0.15) is 0 Å². The first kappa shape index (κ1) is 12.3. The summed E-state index contributed by atoms with van der Waals surface area (Å²) in [4.78, 5) is 10.1. The van der Waals surface area contributed by atoms with Crippen LogP contribution in [0.1, 0.15) is 0 Å². The molecule has 3 nitrogen and oxygen atoms in total. The molecule has 0 saturated carbocycles. The van der Waals surface area contributed by atoms with Crippen LogP contribution in [0.4, 0.5) is 0 Å². The first-order valence-corrected chi connectivity index (χ1v) is 2.98. The van der Waals surface area contributed by atoms with Crippen LogP contribution in [0.25, 0.3) is 0 Å². The first-order chi connectivity index (χ1) is 5.22. The Bertz CT molecular complexity index is 171. The van der Waals surface area contributed by atoms with Crippen molar-refractivity contribution in [3.63, 3.8) is 0 Å². The van der Waals surface area contributed by atoms with Crippen molar-refractivity contribution < 1.29 is 9.90 Å². The van der Waals surface area contributed by atoms with E-state index in [1.54, 1.807) is 0 Å². The van der Waals surface area contributed by atoms with E-state index in [-0.39, 0.29) is 5.57 Å². The Hall–Kier alpha value is -1.35. The highest BCUT2D eigenvalue weighted by Crippen LogP contribution is 1.94. The number of rotatable bonds is 3. The van der Waals surface area contributed by atoms with Gasteiger partial charge in [-0.15, -0.1) is 0 Å². The minimum absolute atomic E-state index is 0.157. The van der Waals surface area contributed by atoms with Gasteiger partial charge < -0.3 is 10.8 Å². The molecule has 0 rings (SSSR count). The fourth-order valence-electron chi connectivity index (χ4n) is 0.354. The number of carboxylic acids is 1. The Balaban J connectivity index is 0. The second-order valence-corrected chi connectivity index (χ2v) is 1.37. The fourth-order valence-corrected chi connectivity index (χ4v) is 0.354. The van der Waals surface area contributed by atoms with Gasteiger partial charge in [0.25, 0.3) is 0 Å². The number of allylic oxidation sites excluding steroid dienone is 2. The van der Waals surface area contributed by atoms with Crippen molar-refractivity contribution in [2.24, 2.45) is 5.73 Å². The molecule has 0 aromatic heterocycles. The maximum atomic E-state index is 10.1. The summed E-state index contributed by atoms with van der Waals surface area (Å²) in [7, 11) is 1.50. The molecular weight excluding hydrogens is 142 g/mol. The predicted molar refractivity (Wildman–Crippen MR) is 46.2 cm³/mol. The molecule has 0 atom stereocenters. The van der Waals surface area contributed by atoms with Crippen LogP contribution < -0.4 is 5.73 Å². The molecule has 0 spiro atoms. The number of hydrogen-bond acceptors (Lipinski definition) is 2. The van der Waals surface area contributed by atoms with E-state index in [4.69, 9.17) is 5.11 Å². The zero-order valence-electron chi connectivity index (χ0n) is 6.58. The molecule has 0 aliphatic carbocycles. The van der Waals surface area contributed by atoms with E-state index < -0.39 is 5.97 Å². The van der Waals surface area contributed by atoms with Gasteiger partial charge in [0.2, 0.25) is 0 Å². The van der Waals surface area contributed by atoms with E-state index in [1.165, 1.54) is 25.3 Å². The van der Waals surface area contributed by atoms with Gasteiger partial charge >= 0.3 is 5.97 Å². The number of carbonyl (C=O) groups is 1. The summed E-state index contributed by atoms with van der Waals surface area (Å²) in [5, 5.41) is 8.32. The fraction of sp³-hybridized carbons (Fsp3) is 0.125. The molecule has 0 aliphatic heterocycles. The number of hydrogen-bond donors (Lipinski definition) is 2. The minimum Gasteiger partial charge on any atom is -0.478 e. The van der Waals surface area contributed by atoms with Crippen molar-refractivity contribution >= 4 is 5.97 Å². The Morgan fingerprint density at radius 1 is 1.45 bits per heavy atom. The average molecular weight is 155 g/mol. The monoisotopic (exact) mass is 155 g/mol. The van der Waals surface area contributed by atoms with E-state index in [0.717, 1.165) is 0 Å². The summed E-state index contributed by atoms with van der Waals surface area (Å²) in [5.74, 6) is -0.982. The summed E-state index contributed by atoms with van der Waals surface area (Å²) in [6, 6.07) is 0. The standard InChI is InChI=1S/C7H8O2.CH5N/c1-3-5-6(4-2)7(8)9;1-2/h3-5H,1-2H2,(H,8,9);2H2,1H3/b6-5+;. The maximum Gasteiger partial charge on any atom is 0.335 e. The van der Waals surface area contributed by atoms with E-state index in [0.29, 0.717) is 0 Å². The van der Waals surface area contributed by atoms with Crippen molar-refractivity contribution in [1.29, 1.82) is 0 Å². The second-order valence-electron chi connectivity index (χ2n) is 1.37. The van der Waals surface area contributed by atoms with Gasteiger partial charge in [-0.1, -0.05) is 25.3 Å². The molecule has 0 saturated heterocycles. The van der Waals surface area contributed by atoms with Crippen molar-refractivity contribution in [2.45, 2.75) is 0 Å². The topological polar surface area (TPSA) is 63.3 Å². The van der Waals surface area contributed by atoms with Crippen molar-refractivity contribution in [1.82, 2.24) is 0 Å².